The number of pyridine rings is 1. The molecule has 2 aromatic rings. The monoisotopic (exact) mass is 400 g/mol. The maximum atomic E-state index is 10.0. The molecular weight excluding hydrogens is 364 g/mol. The van der Waals surface area contributed by atoms with Crippen LogP contribution < -0.4 is 0 Å². The topological polar surface area (TPSA) is 60.7 Å². The van der Waals surface area contributed by atoms with Gasteiger partial charge in [0.2, 0.25) is 0 Å². The van der Waals surface area contributed by atoms with E-state index in [1.807, 2.05) is 18.6 Å². The van der Waals surface area contributed by atoms with Gasteiger partial charge in [0.25, 0.3) is 0 Å². The van der Waals surface area contributed by atoms with Crippen molar-refractivity contribution in [3.8, 4) is 0 Å². The summed E-state index contributed by atoms with van der Waals surface area (Å²) in [5.74, 6) is 0. The van der Waals surface area contributed by atoms with E-state index < -0.39 is 0 Å². The highest BCUT2D eigenvalue weighted by atomic mass is 16.3. The molecule has 0 fully saturated rings. The van der Waals surface area contributed by atoms with Gasteiger partial charge in [-0.2, -0.15) is 0 Å². The molecule has 2 heterocycles. The Morgan fingerprint density at radius 3 is 2.76 bits per heavy atom. The molecule has 160 valence electrons. The molecule has 0 spiro atoms. The largest absolute Gasteiger partial charge is 0.390 e. The van der Waals surface area contributed by atoms with Crippen molar-refractivity contribution >= 4 is 0 Å². The fraction of sp³-hybridized carbons (Fsp3) is 0.636. The van der Waals surface area contributed by atoms with E-state index in [2.05, 4.69) is 63.5 Å². The molecule has 0 saturated heterocycles. The van der Waals surface area contributed by atoms with Gasteiger partial charge in [-0.25, -0.2) is 4.98 Å². The molecule has 2 aromatic heterocycles. The van der Waals surface area contributed by atoms with Crippen molar-refractivity contribution in [1.29, 1.82) is 0 Å². The number of imidazole rings is 1. The van der Waals surface area contributed by atoms with Crippen LogP contribution in [0.15, 0.2) is 24.7 Å². The van der Waals surface area contributed by atoms with E-state index in [1.165, 1.54) is 17.7 Å². The molecule has 3 rings (SSSR count). The van der Waals surface area contributed by atoms with Crippen molar-refractivity contribution in [2.45, 2.75) is 51.5 Å². The molecule has 29 heavy (non-hydrogen) atoms. The van der Waals surface area contributed by atoms with Crippen LogP contribution in [0.3, 0.4) is 0 Å². The number of aliphatic hydroxyl groups is 1. The number of rotatable bonds is 10. The molecule has 7 heteroatoms. The summed E-state index contributed by atoms with van der Waals surface area (Å²) in [6.45, 7) is 3.56. The standard InChI is InChI=1S/C22H36N6O/c1-25(2)12-7-13-26(3)17-28-16-24-19(21(28)15-29)14-27(4)20-10-5-8-18-9-6-11-23-22(18)20/h6,9,11,16,20,29H,5,7-8,10,12-15,17H2,1-4H3/t20-/m0/s1. The first-order valence-electron chi connectivity index (χ1n) is 10.6. The van der Waals surface area contributed by atoms with E-state index in [1.54, 1.807) is 0 Å². The lowest BCUT2D eigenvalue weighted by Crippen LogP contribution is -2.29. The molecule has 0 amide bonds. The first-order valence-corrected chi connectivity index (χ1v) is 10.6. The molecule has 1 aliphatic rings. The van der Waals surface area contributed by atoms with Crippen molar-refractivity contribution in [1.82, 2.24) is 29.2 Å². The predicted octanol–water partition coefficient (Wildman–Crippen LogP) is 2.12. The Kier molecular flexibility index (Phi) is 7.77. The molecule has 1 atom stereocenters. The van der Waals surface area contributed by atoms with E-state index >= 15 is 0 Å². The van der Waals surface area contributed by atoms with E-state index in [0.29, 0.717) is 12.6 Å². The summed E-state index contributed by atoms with van der Waals surface area (Å²) in [4.78, 5) is 16.1. The average Bonchev–Trinajstić information content (AvgIpc) is 3.08. The lowest BCUT2D eigenvalue weighted by molar-refractivity contribution is 0.200. The van der Waals surface area contributed by atoms with Crippen molar-refractivity contribution in [3.05, 3.63) is 47.3 Å². The smallest absolute Gasteiger partial charge is 0.0964 e. The van der Waals surface area contributed by atoms with Crippen molar-refractivity contribution < 1.29 is 5.11 Å². The van der Waals surface area contributed by atoms with Crippen LogP contribution in [-0.2, 0) is 26.2 Å². The Morgan fingerprint density at radius 1 is 1.17 bits per heavy atom. The Labute approximate surface area is 175 Å². The summed E-state index contributed by atoms with van der Waals surface area (Å²) in [5.41, 5.74) is 4.43. The molecule has 0 unspecified atom stereocenters. The number of hydrogen-bond donors (Lipinski definition) is 1. The van der Waals surface area contributed by atoms with Crippen LogP contribution in [0.4, 0.5) is 0 Å². The van der Waals surface area contributed by atoms with Crippen molar-refractivity contribution in [2.24, 2.45) is 0 Å². The minimum Gasteiger partial charge on any atom is -0.390 e. The Hall–Kier alpha value is -1.80. The summed E-state index contributed by atoms with van der Waals surface area (Å²) >= 11 is 0. The van der Waals surface area contributed by atoms with Gasteiger partial charge in [-0.1, -0.05) is 6.07 Å². The molecule has 0 saturated carbocycles. The predicted molar refractivity (Wildman–Crippen MR) is 115 cm³/mol. The van der Waals surface area contributed by atoms with Crippen molar-refractivity contribution in [2.75, 3.05) is 41.3 Å². The molecular formula is C22H36N6O. The fourth-order valence-corrected chi connectivity index (χ4v) is 4.23. The van der Waals surface area contributed by atoms with E-state index in [-0.39, 0.29) is 6.61 Å². The Bertz CT molecular complexity index is 774. The average molecular weight is 401 g/mol. The van der Waals surface area contributed by atoms with E-state index in [9.17, 15) is 5.11 Å². The van der Waals surface area contributed by atoms with E-state index in [0.717, 1.165) is 50.4 Å². The summed E-state index contributed by atoms with van der Waals surface area (Å²) < 4.78 is 2.08. The van der Waals surface area contributed by atoms with Gasteiger partial charge >= 0.3 is 0 Å². The summed E-state index contributed by atoms with van der Waals surface area (Å²) in [7, 11) is 8.46. The minimum absolute atomic E-state index is 0.00815. The van der Waals surface area contributed by atoms with Crippen molar-refractivity contribution in [3.63, 3.8) is 0 Å². The first-order chi connectivity index (χ1) is 14.0. The molecule has 0 aromatic carbocycles. The number of aliphatic hydroxyl groups excluding tert-OH is 1. The van der Waals surface area contributed by atoms with Gasteiger partial charge in [0.05, 0.1) is 42.7 Å². The fourth-order valence-electron chi connectivity index (χ4n) is 4.23. The van der Waals surface area contributed by atoms with E-state index in [4.69, 9.17) is 0 Å². The van der Waals surface area contributed by atoms with Crippen LogP contribution in [0.2, 0.25) is 0 Å². The van der Waals surface area contributed by atoms with Crippen LogP contribution >= 0.6 is 0 Å². The SMILES string of the molecule is CN(C)CCCN(C)Cn1cnc(CN(C)[C@H]2CCCc3cccnc32)c1CO. The lowest BCUT2D eigenvalue weighted by atomic mass is 9.91. The Balaban J connectivity index is 1.64. The normalized spacial score (nSPS) is 16.8. The molecule has 0 aliphatic heterocycles. The summed E-state index contributed by atoms with van der Waals surface area (Å²) in [6, 6.07) is 4.54. The maximum absolute atomic E-state index is 10.0. The zero-order valence-corrected chi connectivity index (χ0v) is 18.4. The lowest BCUT2D eigenvalue weighted by Gasteiger charge is -2.32. The van der Waals surface area contributed by atoms with Gasteiger partial charge in [0.15, 0.2) is 0 Å². The molecule has 0 radical (unpaired) electrons. The van der Waals surface area contributed by atoms with Gasteiger partial charge in [-0.15, -0.1) is 0 Å². The molecule has 1 aliphatic carbocycles. The third kappa shape index (κ3) is 5.63. The highest BCUT2D eigenvalue weighted by molar-refractivity contribution is 5.26. The molecule has 0 bridgehead atoms. The summed E-state index contributed by atoms with van der Waals surface area (Å²) in [6.07, 6.45) is 8.30. The van der Waals surface area contributed by atoms with Crippen LogP contribution in [0.5, 0.6) is 0 Å². The van der Waals surface area contributed by atoms with Crippen LogP contribution in [0.25, 0.3) is 0 Å². The highest BCUT2D eigenvalue weighted by Gasteiger charge is 2.26. The van der Waals surface area contributed by atoms with Crippen LogP contribution in [0, 0.1) is 0 Å². The number of fused-ring (bicyclic) bond motifs is 1. The van der Waals surface area contributed by atoms with Gasteiger partial charge in [0, 0.05) is 19.3 Å². The molecule has 1 N–H and O–H groups in total. The minimum atomic E-state index is 0.00815. The number of aromatic nitrogens is 3. The Morgan fingerprint density at radius 2 is 2.00 bits per heavy atom. The van der Waals surface area contributed by atoms with Crippen LogP contribution in [-0.4, -0.2) is 75.6 Å². The number of aryl methyl sites for hydroxylation is 1. The van der Waals surface area contributed by atoms with Gasteiger partial charge in [-0.3, -0.25) is 14.8 Å². The second kappa shape index (κ2) is 10.3. The first kappa shape index (κ1) is 21.9. The second-order valence-electron chi connectivity index (χ2n) is 8.51. The van der Waals surface area contributed by atoms with Gasteiger partial charge in [-0.05, 0) is 72.0 Å². The quantitative estimate of drug-likeness (QED) is 0.659. The van der Waals surface area contributed by atoms with Gasteiger partial charge < -0.3 is 14.6 Å². The van der Waals surface area contributed by atoms with Crippen LogP contribution in [0.1, 0.15) is 47.9 Å². The number of hydrogen-bond acceptors (Lipinski definition) is 6. The zero-order chi connectivity index (χ0) is 20.8. The van der Waals surface area contributed by atoms with Gasteiger partial charge in [0.1, 0.15) is 0 Å². The third-order valence-corrected chi connectivity index (χ3v) is 5.82. The maximum Gasteiger partial charge on any atom is 0.0964 e. The zero-order valence-electron chi connectivity index (χ0n) is 18.4. The summed E-state index contributed by atoms with van der Waals surface area (Å²) in [5, 5.41) is 10.0. The number of nitrogens with zero attached hydrogens (tertiary/aromatic N) is 6. The molecule has 7 nitrogen and oxygen atoms in total. The highest BCUT2D eigenvalue weighted by Crippen LogP contribution is 2.32. The second-order valence-corrected chi connectivity index (χ2v) is 8.51. The third-order valence-electron chi connectivity index (χ3n) is 5.82.